The van der Waals surface area contributed by atoms with Crippen molar-refractivity contribution in [1.82, 2.24) is 19.7 Å². The van der Waals surface area contributed by atoms with Crippen LogP contribution in [0.4, 0.5) is 0 Å². The van der Waals surface area contributed by atoms with Crippen molar-refractivity contribution in [2.24, 2.45) is 5.73 Å². The number of carbonyl (C=O) groups is 1. The topological polar surface area (TPSA) is 105 Å². The smallest absolute Gasteiger partial charge is 0.246 e. The molecule has 2 N–H and O–H groups in total. The molecule has 1 aliphatic rings. The summed E-state index contributed by atoms with van der Waals surface area (Å²) in [6.07, 6.45) is 4.57. The summed E-state index contributed by atoms with van der Waals surface area (Å²) < 4.78 is 12.9. The fourth-order valence-corrected chi connectivity index (χ4v) is 2.93. The summed E-state index contributed by atoms with van der Waals surface area (Å²) in [6.45, 7) is 0.209. The van der Waals surface area contributed by atoms with Gasteiger partial charge in [0.05, 0.1) is 12.6 Å². The number of aromatic nitrogens is 4. The van der Waals surface area contributed by atoms with Gasteiger partial charge in [-0.05, 0) is 24.6 Å². The summed E-state index contributed by atoms with van der Waals surface area (Å²) >= 11 is 0. The Kier molecular flexibility index (Phi) is 4.00. The summed E-state index contributed by atoms with van der Waals surface area (Å²) in [6, 6.07) is 7.41. The van der Waals surface area contributed by atoms with E-state index in [1.807, 2.05) is 18.2 Å². The summed E-state index contributed by atoms with van der Waals surface area (Å²) in [5.74, 6) is 2.39. The number of nitrogens with two attached hydrogens (primary N) is 1. The molecule has 0 saturated carbocycles. The Balaban J connectivity index is 1.61. The van der Waals surface area contributed by atoms with E-state index in [2.05, 4.69) is 15.2 Å². The van der Waals surface area contributed by atoms with Crippen LogP contribution >= 0.6 is 0 Å². The molecule has 2 aromatic heterocycles. The van der Waals surface area contributed by atoms with Crippen LogP contribution in [-0.2, 0) is 17.8 Å². The first-order chi connectivity index (χ1) is 12.7. The molecular weight excluding hydrogens is 334 g/mol. The van der Waals surface area contributed by atoms with E-state index in [1.165, 1.54) is 0 Å². The lowest BCUT2D eigenvalue weighted by Crippen LogP contribution is -2.19. The first kappa shape index (κ1) is 16.1. The number of primary amides is 1. The SMILES string of the molecule is COc1ccc2c(OCc3nnc4n3C=C(C(N)=O)CC4)ccnc2c1. The van der Waals surface area contributed by atoms with Gasteiger partial charge in [0, 0.05) is 35.8 Å². The number of fused-ring (bicyclic) bond motifs is 2. The number of hydrogen-bond donors (Lipinski definition) is 1. The summed E-state index contributed by atoms with van der Waals surface area (Å²) in [5.41, 5.74) is 6.72. The minimum atomic E-state index is -0.426. The lowest BCUT2D eigenvalue weighted by atomic mass is 10.1. The maximum absolute atomic E-state index is 11.4. The van der Waals surface area contributed by atoms with Crippen molar-refractivity contribution >= 4 is 23.0 Å². The highest BCUT2D eigenvalue weighted by atomic mass is 16.5. The summed E-state index contributed by atoms with van der Waals surface area (Å²) in [5, 5.41) is 9.20. The summed E-state index contributed by atoms with van der Waals surface area (Å²) in [7, 11) is 1.61. The van der Waals surface area contributed by atoms with Crippen LogP contribution in [0.25, 0.3) is 17.1 Å². The van der Waals surface area contributed by atoms with Crippen molar-refractivity contribution < 1.29 is 14.3 Å². The third-order valence-corrected chi connectivity index (χ3v) is 4.32. The van der Waals surface area contributed by atoms with Crippen molar-refractivity contribution in [3.8, 4) is 11.5 Å². The van der Waals surface area contributed by atoms with Crippen LogP contribution in [0.15, 0.2) is 36.0 Å². The van der Waals surface area contributed by atoms with Crippen molar-refractivity contribution in [2.45, 2.75) is 19.4 Å². The quantitative estimate of drug-likeness (QED) is 0.750. The van der Waals surface area contributed by atoms with E-state index in [1.54, 1.807) is 30.1 Å². The van der Waals surface area contributed by atoms with Gasteiger partial charge in [-0.2, -0.15) is 0 Å². The van der Waals surface area contributed by atoms with Crippen molar-refractivity contribution in [1.29, 1.82) is 0 Å². The maximum Gasteiger partial charge on any atom is 0.246 e. The molecule has 0 aliphatic carbocycles. The molecule has 0 unspecified atom stereocenters. The third-order valence-electron chi connectivity index (χ3n) is 4.32. The highest BCUT2D eigenvalue weighted by Crippen LogP contribution is 2.28. The Hall–Kier alpha value is -3.42. The number of amides is 1. The van der Waals surface area contributed by atoms with E-state index >= 15 is 0 Å². The Morgan fingerprint density at radius 1 is 1.27 bits per heavy atom. The van der Waals surface area contributed by atoms with Gasteiger partial charge in [-0.3, -0.25) is 14.3 Å². The molecule has 0 fully saturated rings. The van der Waals surface area contributed by atoms with Gasteiger partial charge >= 0.3 is 0 Å². The molecule has 0 bridgehead atoms. The number of hydrogen-bond acceptors (Lipinski definition) is 6. The number of benzene rings is 1. The van der Waals surface area contributed by atoms with Crippen LogP contribution in [0.2, 0.25) is 0 Å². The Bertz CT molecular complexity index is 1020. The fraction of sp³-hybridized carbons (Fsp3) is 0.222. The van der Waals surface area contributed by atoms with E-state index in [0.717, 1.165) is 22.5 Å². The second-order valence-electron chi connectivity index (χ2n) is 5.90. The second kappa shape index (κ2) is 6.47. The van der Waals surface area contributed by atoms with Gasteiger partial charge in [0.2, 0.25) is 5.91 Å². The predicted octanol–water partition coefficient (Wildman–Crippen LogP) is 1.69. The molecule has 0 radical (unpaired) electrons. The zero-order chi connectivity index (χ0) is 18.1. The van der Waals surface area contributed by atoms with Gasteiger partial charge in [-0.15, -0.1) is 10.2 Å². The first-order valence-electron chi connectivity index (χ1n) is 8.14. The molecule has 4 rings (SSSR count). The Morgan fingerprint density at radius 3 is 2.96 bits per heavy atom. The lowest BCUT2D eigenvalue weighted by molar-refractivity contribution is -0.114. The molecule has 26 heavy (non-hydrogen) atoms. The third kappa shape index (κ3) is 2.85. The fourth-order valence-electron chi connectivity index (χ4n) is 2.93. The first-order valence-corrected chi connectivity index (χ1v) is 8.14. The molecule has 1 aliphatic heterocycles. The van der Waals surface area contributed by atoms with Gasteiger partial charge in [0.25, 0.3) is 0 Å². The van der Waals surface area contributed by atoms with E-state index in [0.29, 0.717) is 30.0 Å². The number of ether oxygens (including phenoxy) is 2. The molecule has 8 heteroatoms. The van der Waals surface area contributed by atoms with Crippen molar-refractivity contribution in [3.05, 3.63) is 47.7 Å². The second-order valence-corrected chi connectivity index (χ2v) is 5.90. The van der Waals surface area contributed by atoms with Crippen LogP contribution in [-0.4, -0.2) is 32.8 Å². The lowest BCUT2D eigenvalue weighted by Gasteiger charge is -2.14. The number of nitrogens with zero attached hydrogens (tertiary/aromatic N) is 4. The highest BCUT2D eigenvalue weighted by molar-refractivity contribution is 5.95. The van der Waals surface area contributed by atoms with Crippen LogP contribution in [0.1, 0.15) is 18.1 Å². The molecule has 0 saturated heterocycles. The predicted molar refractivity (Wildman–Crippen MR) is 94.4 cm³/mol. The van der Waals surface area contributed by atoms with Crippen LogP contribution in [0.5, 0.6) is 11.5 Å². The van der Waals surface area contributed by atoms with Gasteiger partial charge in [0.1, 0.15) is 23.9 Å². The van der Waals surface area contributed by atoms with Crippen LogP contribution in [0.3, 0.4) is 0 Å². The van der Waals surface area contributed by atoms with E-state index < -0.39 is 5.91 Å². The molecule has 0 spiro atoms. The number of pyridine rings is 1. The Labute approximate surface area is 149 Å². The van der Waals surface area contributed by atoms with E-state index in [9.17, 15) is 4.79 Å². The normalized spacial score (nSPS) is 13.2. The average Bonchev–Trinajstić information content (AvgIpc) is 3.08. The van der Waals surface area contributed by atoms with Crippen molar-refractivity contribution in [3.63, 3.8) is 0 Å². The monoisotopic (exact) mass is 351 g/mol. The van der Waals surface area contributed by atoms with Crippen LogP contribution < -0.4 is 15.2 Å². The molecule has 8 nitrogen and oxygen atoms in total. The van der Waals surface area contributed by atoms with Crippen molar-refractivity contribution in [2.75, 3.05) is 7.11 Å². The molecule has 0 atom stereocenters. The zero-order valence-electron chi connectivity index (χ0n) is 14.2. The minimum Gasteiger partial charge on any atom is -0.497 e. The van der Waals surface area contributed by atoms with Gasteiger partial charge in [0.15, 0.2) is 5.82 Å². The molecule has 1 aromatic carbocycles. The molecular formula is C18H17N5O3. The minimum absolute atomic E-state index is 0.209. The number of rotatable bonds is 5. The molecule has 3 aromatic rings. The van der Waals surface area contributed by atoms with E-state index in [-0.39, 0.29) is 6.61 Å². The maximum atomic E-state index is 11.4. The van der Waals surface area contributed by atoms with Crippen LogP contribution in [0, 0.1) is 0 Å². The summed E-state index contributed by atoms with van der Waals surface area (Å²) in [4.78, 5) is 15.8. The standard InChI is InChI=1S/C18H17N5O3/c1-25-12-3-4-13-14(8-12)20-7-6-15(13)26-10-17-22-21-16-5-2-11(18(19)24)9-23(16)17/h3-4,6-9H,2,5,10H2,1H3,(H2,19,24). The molecule has 132 valence electrons. The Morgan fingerprint density at radius 2 is 2.15 bits per heavy atom. The largest absolute Gasteiger partial charge is 0.497 e. The van der Waals surface area contributed by atoms with Gasteiger partial charge < -0.3 is 15.2 Å². The number of methoxy groups -OCH3 is 1. The zero-order valence-corrected chi connectivity index (χ0v) is 14.2. The molecule has 1 amide bonds. The van der Waals surface area contributed by atoms with Gasteiger partial charge in [-0.1, -0.05) is 0 Å². The average molecular weight is 351 g/mol. The van der Waals surface area contributed by atoms with Gasteiger partial charge in [-0.25, -0.2) is 0 Å². The number of aryl methyl sites for hydroxylation is 1. The number of carbonyl (C=O) groups excluding carboxylic acids is 1. The molecule has 3 heterocycles. The van der Waals surface area contributed by atoms with E-state index in [4.69, 9.17) is 15.2 Å². The highest BCUT2D eigenvalue weighted by Gasteiger charge is 2.19.